The number of hydrogen-bond acceptors (Lipinski definition) is 2. The number of benzene rings is 1. The molecule has 0 N–H and O–H groups in total. The van der Waals surface area contributed by atoms with Gasteiger partial charge in [-0.05, 0) is 54.3 Å². The van der Waals surface area contributed by atoms with Crippen LogP contribution in [-0.2, 0) is 6.54 Å². The van der Waals surface area contributed by atoms with Crippen LogP contribution in [0, 0.1) is 6.92 Å². The first-order chi connectivity index (χ1) is 12.5. The molecule has 134 valence electrons. The van der Waals surface area contributed by atoms with Crippen molar-refractivity contribution in [2.24, 2.45) is 0 Å². The lowest BCUT2D eigenvalue weighted by molar-refractivity contribution is 0.218. The molecule has 0 bridgehead atoms. The number of pyridine rings is 1. The Kier molecular flexibility index (Phi) is 5.43. The number of allylic oxidation sites excluding steroid dienone is 3. The second-order valence-electron chi connectivity index (χ2n) is 6.29. The highest BCUT2D eigenvalue weighted by molar-refractivity contribution is 6.31. The number of urea groups is 1. The monoisotopic (exact) mass is 367 g/mol. The van der Waals surface area contributed by atoms with Crippen LogP contribution < -0.4 is 4.90 Å². The number of halogens is 1. The number of aryl methyl sites for hydroxylation is 1. The SMILES string of the molecule is C=C/C(=C\C)c1ccc(N2CCN(Cc3ccc(C)c(Cl)c3)C2=O)nc1. The molecule has 1 aliphatic rings. The zero-order valence-electron chi connectivity index (χ0n) is 15.1. The maximum Gasteiger partial charge on any atom is 0.326 e. The molecule has 0 atom stereocenters. The Morgan fingerprint density at radius 1 is 1.31 bits per heavy atom. The molecule has 0 radical (unpaired) electrons. The van der Waals surface area contributed by atoms with Crippen LogP contribution in [0.1, 0.15) is 23.6 Å². The third-order valence-corrected chi connectivity index (χ3v) is 5.00. The van der Waals surface area contributed by atoms with E-state index in [9.17, 15) is 4.79 Å². The highest BCUT2D eigenvalue weighted by Crippen LogP contribution is 2.23. The lowest BCUT2D eigenvalue weighted by Gasteiger charge is -2.18. The lowest BCUT2D eigenvalue weighted by Crippen LogP contribution is -2.31. The molecular formula is C21H22ClN3O. The zero-order chi connectivity index (χ0) is 18.7. The summed E-state index contributed by atoms with van der Waals surface area (Å²) in [6, 6.07) is 9.74. The van der Waals surface area contributed by atoms with Crippen molar-refractivity contribution in [3.63, 3.8) is 0 Å². The molecule has 2 aromatic rings. The summed E-state index contributed by atoms with van der Waals surface area (Å²) in [6.07, 6.45) is 5.56. The second-order valence-corrected chi connectivity index (χ2v) is 6.70. The quantitative estimate of drug-likeness (QED) is 0.691. The molecular weight excluding hydrogens is 346 g/mol. The molecule has 2 heterocycles. The van der Waals surface area contributed by atoms with E-state index >= 15 is 0 Å². The first-order valence-corrected chi connectivity index (χ1v) is 8.98. The highest BCUT2D eigenvalue weighted by atomic mass is 35.5. The van der Waals surface area contributed by atoms with Crippen LogP contribution in [0.3, 0.4) is 0 Å². The van der Waals surface area contributed by atoms with Crippen molar-refractivity contribution >= 4 is 29.0 Å². The van der Waals surface area contributed by atoms with Crippen LogP contribution in [0.2, 0.25) is 5.02 Å². The van der Waals surface area contributed by atoms with Gasteiger partial charge < -0.3 is 4.90 Å². The summed E-state index contributed by atoms with van der Waals surface area (Å²) in [7, 11) is 0. The molecule has 0 aliphatic carbocycles. The Morgan fingerprint density at radius 2 is 2.12 bits per heavy atom. The number of carbonyl (C=O) groups is 1. The topological polar surface area (TPSA) is 36.4 Å². The van der Waals surface area contributed by atoms with Crippen molar-refractivity contribution < 1.29 is 4.79 Å². The average Bonchev–Trinajstić information content (AvgIpc) is 3.00. The summed E-state index contributed by atoms with van der Waals surface area (Å²) >= 11 is 6.19. The Morgan fingerprint density at radius 3 is 2.73 bits per heavy atom. The smallest absolute Gasteiger partial charge is 0.318 e. The van der Waals surface area contributed by atoms with Crippen LogP contribution in [0.15, 0.2) is 55.3 Å². The summed E-state index contributed by atoms with van der Waals surface area (Å²) in [5, 5.41) is 0.727. The van der Waals surface area contributed by atoms with E-state index in [-0.39, 0.29) is 6.03 Å². The van der Waals surface area contributed by atoms with Crippen LogP contribution in [0.4, 0.5) is 10.6 Å². The maximum atomic E-state index is 12.7. The molecule has 0 spiro atoms. The van der Waals surface area contributed by atoms with E-state index in [0.29, 0.717) is 25.5 Å². The van der Waals surface area contributed by atoms with E-state index in [4.69, 9.17) is 11.6 Å². The molecule has 0 saturated carbocycles. The van der Waals surface area contributed by atoms with Crippen molar-refractivity contribution in [2.45, 2.75) is 20.4 Å². The molecule has 26 heavy (non-hydrogen) atoms. The molecule has 1 aliphatic heterocycles. The fourth-order valence-electron chi connectivity index (χ4n) is 3.02. The molecule has 3 rings (SSSR count). The minimum Gasteiger partial charge on any atom is -0.318 e. The number of hydrogen-bond donors (Lipinski definition) is 0. The Bertz CT molecular complexity index is 858. The van der Waals surface area contributed by atoms with Gasteiger partial charge >= 0.3 is 6.03 Å². The van der Waals surface area contributed by atoms with E-state index < -0.39 is 0 Å². The van der Waals surface area contributed by atoms with Gasteiger partial charge in [0.1, 0.15) is 5.82 Å². The summed E-state index contributed by atoms with van der Waals surface area (Å²) in [6.45, 7) is 9.58. The van der Waals surface area contributed by atoms with Crippen molar-refractivity contribution in [2.75, 3.05) is 18.0 Å². The van der Waals surface area contributed by atoms with E-state index in [2.05, 4.69) is 11.6 Å². The van der Waals surface area contributed by atoms with Crippen LogP contribution in [0.5, 0.6) is 0 Å². The van der Waals surface area contributed by atoms with Crippen molar-refractivity contribution in [1.29, 1.82) is 0 Å². The van der Waals surface area contributed by atoms with E-state index in [1.54, 1.807) is 17.2 Å². The molecule has 4 nitrogen and oxygen atoms in total. The molecule has 1 aromatic heterocycles. The third-order valence-electron chi connectivity index (χ3n) is 4.59. The van der Waals surface area contributed by atoms with Gasteiger partial charge in [0.05, 0.1) is 0 Å². The van der Waals surface area contributed by atoms with Crippen LogP contribution >= 0.6 is 11.6 Å². The molecule has 0 unspecified atom stereocenters. The van der Waals surface area contributed by atoms with E-state index in [1.165, 1.54) is 0 Å². The lowest BCUT2D eigenvalue weighted by atomic mass is 10.1. The minimum atomic E-state index is -0.0306. The molecule has 1 saturated heterocycles. The van der Waals surface area contributed by atoms with E-state index in [0.717, 1.165) is 27.3 Å². The largest absolute Gasteiger partial charge is 0.326 e. The number of nitrogens with zero attached hydrogens (tertiary/aromatic N) is 3. The van der Waals surface area contributed by atoms with Gasteiger partial charge in [-0.2, -0.15) is 0 Å². The molecule has 5 heteroatoms. The standard InChI is InChI=1S/C21H22ClN3O/c1-4-17(5-2)18-8-9-20(23-13-18)25-11-10-24(21(25)26)14-16-7-6-15(3)19(22)12-16/h4-9,12-13H,1,10-11,14H2,2-3H3/b17-5+. The van der Waals surface area contributed by atoms with Gasteiger partial charge in [0.2, 0.25) is 0 Å². The van der Waals surface area contributed by atoms with Gasteiger partial charge in [-0.1, -0.05) is 42.5 Å². The zero-order valence-corrected chi connectivity index (χ0v) is 15.8. The Hall–Kier alpha value is -2.59. The van der Waals surface area contributed by atoms with Gasteiger partial charge in [-0.15, -0.1) is 0 Å². The van der Waals surface area contributed by atoms with Crippen molar-refractivity contribution in [3.8, 4) is 0 Å². The highest BCUT2D eigenvalue weighted by Gasteiger charge is 2.30. The van der Waals surface area contributed by atoms with Crippen molar-refractivity contribution in [3.05, 3.63) is 77.0 Å². The normalized spacial score (nSPS) is 14.9. The Labute approximate surface area is 159 Å². The third kappa shape index (κ3) is 3.65. The average molecular weight is 368 g/mol. The number of anilines is 1. The van der Waals surface area contributed by atoms with Gasteiger partial charge in [-0.25, -0.2) is 9.78 Å². The summed E-state index contributed by atoms with van der Waals surface area (Å²) in [5.41, 5.74) is 4.08. The number of carbonyl (C=O) groups excluding carboxylic acids is 1. The number of rotatable bonds is 5. The molecule has 1 fully saturated rings. The maximum absolute atomic E-state index is 12.7. The van der Waals surface area contributed by atoms with Crippen LogP contribution in [-0.4, -0.2) is 29.0 Å². The molecule has 1 aromatic carbocycles. The van der Waals surface area contributed by atoms with Gasteiger partial charge in [-0.3, -0.25) is 4.90 Å². The minimum absolute atomic E-state index is 0.0306. The van der Waals surface area contributed by atoms with E-state index in [1.807, 2.05) is 55.2 Å². The summed E-state index contributed by atoms with van der Waals surface area (Å²) in [4.78, 5) is 20.7. The second kappa shape index (κ2) is 7.75. The predicted octanol–water partition coefficient (Wildman–Crippen LogP) is 5.07. The fourth-order valence-corrected chi connectivity index (χ4v) is 3.22. The first kappa shape index (κ1) is 18.2. The Balaban J connectivity index is 1.72. The van der Waals surface area contributed by atoms with Crippen LogP contribution in [0.25, 0.3) is 5.57 Å². The van der Waals surface area contributed by atoms with Gasteiger partial charge in [0.15, 0.2) is 0 Å². The summed E-state index contributed by atoms with van der Waals surface area (Å²) in [5.74, 6) is 0.669. The molecule has 2 amide bonds. The van der Waals surface area contributed by atoms with Gasteiger partial charge in [0, 0.05) is 30.9 Å². The number of amides is 2. The van der Waals surface area contributed by atoms with Gasteiger partial charge in [0.25, 0.3) is 0 Å². The summed E-state index contributed by atoms with van der Waals surface area (Å²) < 4.78 is 0. The van der Waals surface area contributed by atoms with Crippen molar-refractivity contribution in [1.82, 2.24) is 9.88 Å². The predicted molar refractivity (Wildman–Crippen MR) is 107 cm³/mol. The number of aromatic nitrogens is 1. The first-order valence-electron chi connectivity index (χ1n) is 8.60. The fraction of sp³-hybridized carbons (Fsp3) is 0.238.